The number of rotatable bonds is 8. The summed E-state index contributed by atoms with van der Waals surface area (Å²) >= 11 is 0. The average molecular weight is 504 g/mol. The zero-order valence-electron chi connectivity index (χ0n) is 21.4. The Morgan fingerprint density at radius 1 is 0.865 bits per heavy atom. The number of ether oxygens (including phenoxy) is 4. The number of benzene rings is 3. The Bertz CT molecular complexity index is 1360. The molecule has 192 valence electrons. The molecule has 4 rings (SSSR count). The summed E-state index contributed by atoms with van der Waals surface area (Å²) < 4.78 is 21.7. The monoisotopic (exact) mass is 503 g/mol. The van der Waals surface area contributed by atoms with E-state index in [1.807, 2.05) is 6.92 Å². The molecule has 3 aromatic carbocycles. The first kappa shape index (κ1) is 25.6. The molecule has 0 aromatic heterocycles. The zero-order chi connectivity index (χ0) is 26.7. The second-order valence-electron chi connectivity index (χ2n) is 8.39. The lowest BCUT2D eigenvalue weighted by atomic mass is 9.93. The standard InChI is InChI=1S/C29H29NO7/c1-6-37-24-16-18(7-14-23(24)36-5)26-25(27(31)22-13-12-21(35-4)15-17(22)2)28(32)29(33)30(26)19-8-10-20(34-3)11-9-19/h7-16,26,31H,6H2,1-5H3/b27-25+. The maximum atomic E-state index is 13.5. The highest BCUT2D eigenvalue weighted by Gasteiger charge is 2.47. The van der Waals surface area contributed by atoms with Gasteiger partial charge in [-0.25, -0.2) is 0 Å². The smallest absolute Gasteiger partial charge is 0.300 e. The molecule has 1 aliphatic heterocycles. The van der Waals surface area contributed by atoms with Crippen molar-refractivity contribution in [2.24, 2.45) is 0 Å². The van der Waals surface area contributed by atoms with Gasteiger partial charge in [0.25, 0.3) is 11.7 Å². The lowest BCUT2D eigenvalue weighted by Crippen LogP contribution is -2.29. The summed E-state index contributed by atoms with van der Waals surface area (Å²) in [5, 5.41) is 11.5. The maximum Gasteiger partial charge on any atom is 0.300 e. The summed E-state index contributed by atoms with van der Waals surface area (Å²) in [6, 6.07) is 16.2. The van der Waals surface area contributed by atoms with E-state index < -0.39 is 17.7 Å². The van der Waals surface area contributed by atoms with Gasteiger partial charge in [-0.05, 0) is 79.6 Å². The number of Topliss-reactive ketones (excluding diaryl/α,β-unsaturated/α-hetero) is 1. The van der Waals surface area contributed by atoms with Crippen molar-refractivity contribution in [2.45, 2.75) is 19.9 Å². The number of amides is 1. The van der Waals surface area contributed by atoms with Crippen LogP contribution >= 0.6 is 0 Å². The van der Waals surface area contributed by atoms with E-state index in [9.17, 15) is 14.7 Å². The number of aliphatic hydroxyl groups excluding tert-OH is 1. The van der Waals surface area contributed by atoms with Gasteiger partial charge >= 0.3 is 0 Å². The molecule has 1 saturated heterocycles. The van der Waals surface area contributed by atoms with Crippen LogP contribution in [0.15, 0.2) is 66.2 Å². The third kappa shape index (κ3) is 4.70. The van der Waals surface area contributed by atoms with E-state index in [1.165, 1.54) is 12.0 Å². The van der Waals surface area contributed by atoms with E-state index in [0.717, 1.165) is 0 Å². The van der Waals surface area contributed by atoms with Gasteiger partial charge in [0, 0.05) is 11.3 Å². The van der Waals surface area contributed by atoms with E-state index >= 15 is 0 Å². The number of aliphatic hydroxyl groups is 1. The van der Waals surface area contributed by atoms with Gasteiger partial charge in [-0.2, -0.15) is 0 Å². The van der Waals surface area contributed by atoms with Crippen LogP contribution in [-0.2, 0) is 9.59 Å². The molecule has 0 radical (unpaired) electrons. The predicted molar refractivity (Wildman–Crippen MR) is 140 cm³/mol. The van der Waals surface area contributed by atoms with Crippen LogP contribution in [0.1, 0.15) is 29.7 Å². The fraction of sp³-hybridized carbons (Fsp3) is 0.241. The fourth-order valence-corrected chi connectivity index (χ4v) is 4.46. The van der Waals surface area contributed by atoms with Gasteiger partial charge in [0.15, 0.2) is 11.5 Å². The Labute approximate surface area is 215 Å². The molecule has 1 atom stereocenters. The third-order valence-electron chi connectivity index (χ3n) is 6.29. The highest BCUT2D eigenvalue weighted by Crippen LogP contribution is 2.44. The Morgan fingerprint density at radius 3 is 2.14 bits per heavy atom. The van der Waals surface area contributed by atoms with Gasteiger partial charge in [0.05, 0.1) is 39.6 Å². The van der Waals surface area contributed by atoms with Gasteiger partial charge in [0.2, 0.25) is 0 Å². The number of anilines is 1. The SMILES string of the molecule is CCOc1cc(C2/C(=C(\O)c3ccc(OC)cc3C)C(=O)C(=O)N2c2ccc(OC)cc2)ccc1OC. The molecule has 8 heteroatoms. The predicted octanol–water partition coefficient (Wildman–Crippen LogP) is 5.05. The molecule has 0 spiro atoms. The van der Waals surface area contributed by atoms with Gasteiger partial charge in [-0.1, -0.05) is 6.07 Å². The number of carbonyl (C=O) groups excluding carboxylic acids is 2. The van der Waals surface area contributed by atoms with Crippen LogP contribution in [0.2, 0.25) is 0 Å². The first-order valence-corrected chi connectivity index (χ1v) is 11.7. The number of carbonyl (C=O) groups is 2. The van der Waals surface area contributed by atoms with E-state index in [2.05, 4.69) is 0 Å². The van der Waals surface area contributed by atoms with Crippen LogP contribution in [0.25, 0.3) is 5.76 Å². The van der Waals surface area contributed by atoms with Crippen LogP contribution in [0.3, 0.4) is 0 Å². The summed E-state index contributed by atoms with van der Waals surface area (Å²) in [6.45, 7) is 4.04. The molecule has 1 aliphatic rings. The molecule has 0 aliphatic carbocycles. The van der Waals surface area contributed by atoms with E-state index in [0.29, 0.717) is 52.0 Å². The molecular weight excluding hydrogens is 474 g/mol. The van der Waals surface area contributed by atoms with Crippen molar-refractivity contribution >= 4 is 23.1 Å². The van der Waals surface area contributed by atoms with Crippen molar-refractivity contribution < 1.29 is 33.6 Å². The Hall–Kier alpha value is -4.46. The van der Waals surface area contributed by atoms with Crippen molar-refractivity contribution in [3.05, 3.63) is 82.9 Å². The number of nitrogens with zero attached hydrogens (tertiary/aromatic N) is 1. The zero-order valence-corrected chi connectivity index (χ0v) is 21.4. The van der Waals surface area contributed by atoms with Crippen molar-refractivity contribution in [1.82, 2.24) is 0 Å². The van der Waals surface area contributed by atoms with Crippen LogP contribution in [0.4, 0.5) is 5.69 Å². The second kappa shape index (κ2) is 10.7. The summed E-state index contributed by atoms with van der Waals surface area (Å²) in [5.41, 5.74) is 2.15. The maximum absolute atomic E-state index is 13.5. The summed E-state index contributed by atoms with van der Waals surface area (Å²) in [5.74, 6) is 0.378. The molecule has 3 aromatic rings. The Morgan fingerprint density at radius 2 is 1.54 bits per heavy atom. The molecule has 37 heavy (non-hydrogen) atoms. The van der Waals surface area contributed by atoms with Crippen molar-refractivity contribution in [3.8, 4) is 23.0 Å². The summed E-state index contributed by atoms with van der Waals surface area (Å²) in [7, 11) is 4.63. The third-order valence-corrected chi connectivity index (χ3v) is 6.29. The molecule has 8 nitrogen and oxygen atoms in total. The van der Waals surface area contributed by atoms with Crippen LogP contribution in [-0.4, -0.2) is 44.7 Å². The van der Waals surface area contributed by atoms with Gasteiger partial charge in [0.1, 0.15) is 17.3 Å². The van der Waals surface area contributed by atoms with Crippen molar-refractivity contribution in [3.63, 3.8) is 0 Å². The molecule has 1 fully saturated rings. The van der Waals surface area contributed by atoms with Crippen molar-refractivity contribution in [1.29, 1.82) is 0 Å². The van der Waals surface area contributed by atoms with Gasteiger partial charge in [-0.3, -0.25) is 14.5 Å². The molecule has 1 N–H and O–H groups in total. The molecule has 1 amide bonds. The summed E-state index contributed by atoms with van der Waals surface area (Å²) in [6.07, 6.45) is 0. The lowest BCUT2D eigenvalue weighted by molar-refractivity contribution is -0.132. The molecule has 1 unspecified atom stereocenters. The van der Waals surface area contributed by atoms with Crippen molar-refractivity contribution in [2.75, 3.05) is 32.8 Å². The quantitative estimate of drug-likeness (QED) is 0.261. The first-order valence-electron chi connectivity index (χ1n) is 11.7. The number of aryl methyl sites for hydroxylation is 1. The van der Waals surface area contributed by atoms with E-state index in [-0.39, 0.29) is 11.3 Å². The molecule has 0 saturated carbocycles. The molecule has 1 heterocycles. The largest absolute Gasteiger partial charge is 0.507 e. The Balaban J connectivity index is 1.96. The number of methoxy groups -OCH3 is 3. The molecule has 0 bridgehead atoms. The topological polar surface area (TPSA) is 94.5 Å². The second-order valence-corrected chi connectivity index (χ2v) is 8.39. The minimum absolute atomic E-state index is 0.0262. The first-order chi connectivity index (χ1) is 17.8. The van der Waals surface area contributed by atoms with Gasteiger partial charge in [-0.15, -0.1) is 0 Å². The fourth-order valence-electron chi connectivity index (χ4n) is 4.46. The molecular formula is C29H29NO7. The number of hydrogen-bond donors (Lipinski definition) is 1. The minimum Gasteiger partial charge on any atom is -0.507 e. The lowest BCUT2D eigenvalue weighted by Gasteiger charge is -2.26. The minimum atomic E-state index is -0.917. The summed E-state index contributed by atoms with van der Waals surface area (Å²) in [4.78, 5) is 28.3. The van der Waals surface area contributed by atoms with Crippen LogP contribution < -0.4 is 23.8 Å². The van der Waals surface area contributed by atoms with E-state index in [1.54, 1.807) is 81.8 Å². The van der Waals surface area contributed by atoms with E-state index in [4.69, 9.17) is 18.9 Å². The highest BCUT2D eigenvalue weighted by molar-refractivity contribution is 6.51. The van der Waals surface area contributed by atoms with Crippen LogP contribution in [0, 0.1) is 6.92 Å². The number of hydrogen-bond acceptors (Lipinski definition) is 7. The normalized spacial score (nSPS) is 16.6. The van der Waals surface area contributed by atoms with Crippen LogP contribution in [0.5, 0.6) is 23.0 Å². The average Bonchev–Trinajstić information content (AvgIpc) is 3.18. The Kier molecular flexibility index (Phi) is 7.38. The highest BCUT2D eigenvalue weighted by atomic mass is 16.5. The number of ketones is 1. The van der Waals surface area contributed by atoms with Gasteiger partial charge < -0.3 is 24.1 Å².